The lowest BCUT2D eigenvalue weighted by Gasteiger charge is -2.24. The Morgan fingerprint density at radius 2 is 1.59 bits per heavy atom. The van der Waals surface area contributed by atoms with Gasteiger partial charge in [0.1, 0.15) is 0 Å². The SMILES string of the molecule is COC(CC(F)(F)C(F)(F)F)c1ccccc1. The van der Waals surface area contributed by atoms with Gasteiger partial charge >= 0.3 is 12.1 Å². The highest BCUT2D eigenvalue weighted by atomic mass is 19.4. The Labute approximate surface area is 95.2 Å². The van der Waals surface area contributed by atoms with E-state index in [1.807, 2.05) is 0 Å². The van der Waals surface area contributed by atoms with Crippen LogP contribution in [0.2, 0.25) is 0 Å². The number of rotatable bonds is 4. The van der Waals surface area contributed by atoms with E-state index in [0.29, 0.717) is 5.56 Å². The van der Waals surface area contributed by atoms with Gasteiger partial charge in [0.2, 0.25) is 0 Å². The minimum absolute atomic E-state index is 0.291. The van der Waals surface area contributed by atoms with E-state index in [2.05, 4.69) is 4.74 Å². The van der Waals surface area contributed by atoms with E-state index in [9.17, 15) is 22.0 Å². The summed E-state index contributed by atoms with van der Waals surface area (Å²) < 4.78 is 66.5. The summed E-state index contributed by atoms with van der Waals surface area (Å²) >= 11 is 0. The van der Waals surface area contributed by atoms with Crippen molar-refractivity contribution in [3.05, 3.63) is 35.9 Å². The second-order valence-corrected chi connectivity index (χ2v) is 3.54. The Bertz CT molecular complexity index is 347. The molecule has 1 nitrogen and oxygen atoms in total. The maximum Gasteiger partial charge on any atom is 0.453 e. The molecule has 0 spiro atoms. The van der Waals surface area contributed by atoms with Gasteiger partial charge in [0.05, 0.1) is 12.5 Å². The molecule has 1 aromatic carbocycles. The zero-order valence-electron chi connectivity index (χ0n) is 8.97. The van der Waals surface area contributed by atoms with Crippen molar-refractivity contribution in [3.8, 4) is 0 Å². The molecule has 96 valence electrons. The molecular weight excluding hydrogens is 243 g/mol. The van der Waals surface area contributed by atoms with Crippen molar-refractivity contribution in [2.24, 2.45) is 0 Å². The van der Waals surface area contributed by atoms with Gasteiger partial charge in [0.25, 0.3) is 0 Å². The van der Waals surface area contributed by atoms with Gasteiger partial charge in [-0.15, -0.1) is 0 Å². The molecule has 0 aliphatic carbocycles. The number of hydrogen-bond donors (Lipinski definition) is 0. The second-order valence-electron chi connectivity index (χ2n) is 3.54. The molecule has 0 aliphatic heterocycles. The minimum atomic E-state index is -5.56. The van der Waals surface area contributed by atoms with Crippen LogP contribution in [0.5, 0.6) is 0 Å². The van der Waals surface area contributed by atoms with E-state index in [1.165, 1.54) is 12.1 Å². The van der Waals surface area contributed by atoms with Crippen LogP contribution in [0.15, 0.2) is 30.3 Å². The zero-order chi connectivity index (χ0) is 13.1. The molecule has 17 heavy (non-hydrogen) atoms. The average Bonchev–Trinajstić information content (AvgIpc) is 2.25. The van der Waals surface area contributed by atoms with Crippen LogP contribution in [-0.2, 0) is 4.74 Å². The van der Waals surface area contributed by atoms with Crippen molar-refractivity contribution >= 4 is 0 Å². The van der Waals surface area contributed by atoms with Gasteiger partial charge in [-0.05, 0) is 5.56 Å². The van der Waals surface area contributed by atoms with Crippen molar-refractivity contribution in [2.75, 3.05) is 7.11 Å². The highest BCUT2D eigenvalue weighted by Crippen LogP contribution is 2.42. The first-order valence-corrected chi connectivity index (χ1v) is 4.80. The van der Waals surface area contributed by atoms with Crippen molar-refractivity contribution in [1.29, 1.82) is 0 Å². The van der Waals surface area contributed by atoms with E-state index >= 15 is 0 Å². The number of benzene rings is 1. The van der Waals surface area contributed by atoms with Gasteiger partial charge in [-0.25, -0.2) is 0 Å². The molecular formula is C11H11F5O. The topological polar surface area (TPSA) is 9.23 Å². The van der Waals surface area contributed by atoms with Crippen LogP contribution in [-0.4, -0.2) is 19.2 Å². The van der Waals surface area contributed by atoms with Crippen LogP contribution >= 0.6 is 0 Å². The quantitative estimate of drug-likeness (QED) is 0.739. The summed E-state index contributed by atoms with van der Waals surface area (Å²) in [6.07, 6.45) is -8.26. The van der Waals surface area contributed by atoms with Gasteiger partial charge in [-0.2, -0.15) is 22.0 Å². The molecule has 1 unspecified atom stereocenters. The molecule has 0 fully saturated rings. The monoisotopic (exact) mass is 254 g/mol. The first kappa shape index (κ1) is 13.9. The van der Waals surface area contributed by atoms with Crippen LogP contribution in [0.25, 0.3) is 0 Å². The lowest BCUT2D eigenvalue weighted by molar-refractivity contribution is -0.291. The molecule has 1 aromatic rings. The number of alkyl halides is 5. The molecule has 0 N–H and O–H groups in total. The molecule has 1 atom stereocenters. The Hall–Kier alpha value is -1.17. The Kier molecular flexibility index (Phi) is 4.08. The Morgan fingerprint density at radius 3 is 2.00 bits per heavy atom. The third kappa shape index (κ3) is 3.39. The smallest absolute Gasteiger partial charge is 0.377 e. The van der Waals surface area contributed by atoms with E-state index < -0.39 is 24.6 Å². The van der Waals surface area contributed by atoms with Crippen molar-refractivity contribution in [2.45, 2.75) is 24.6 Å². The van der Waals surface area contributed by atoms with Gasteiger partial charge < -0.3 is 4.74 Å². The maximum atomic E-state index is 12.8. The standard InChI is InChI=1S/C11H11F5O/c1-17-9(8-5-3-2-4-6-8)7-10(12,13)11(14,15)16/h2-6,9H,7H2,1H3. The summed E-state index contributed by atoms with van der Waals surface area (Å²) in [4.78, 5) is 0. The molecule has 0 saturated carbocycles. The van der Waals surface area contributed by atoms with Gasteiger partial charge in [-0.3, -0.25) is 0 Å². The first-order chi connectivity index (χ1) is 7.78. The molecule has 0 aliphatic rings. The number of hydrogen-bond acceptors (Lipinski definition) is 1. The molecule has 0 aromatic heterocycles. The molecule has 0 radical (unpaired) electrons. The molecule has 0 bridgehead atoms. The summed E-state index contributed by atoms with van der Waals surface area (Å²) in [6.45, 7) is 0. The summed E-state index contributed by atoms with van der Waals surface area (Å²) in [5.74, 6) is -4.76. The zero-order valence-corrected chi connectivity index (χ0v) is 8.97. The Balaban J connectivity index is 2.85. The van der Waals surface area contributed by atoms with E-state index in [4.69, 9.17) is 0 Å². The Morgan fingerprint density at radius 1 is 1.06 bits per heavy atom. The fraction of sp³-hybridized carbons (Fsp3) is 0.455. The summed E-state index contributed by atoms with van der Waals surface area (Å²) in [5, 5.41) is 0. The lowest BCUT2D eigenvalue weighted by atomic mass is 10.0. The van der Waals surface area contributed by atoms with Crippen LogP contribution in [0.1, 0.15) is 18.1 Å². The second kappa shape index (κ2) is 5.00. The lowest BCUT2D eigenvalue weighted by Crippen LogP contribution is -2.38. The van der Waals surface area contributed by atoms with Gasteiger partial charge in [0.15, 0.2) is 0 Å². The molecule has 1 rings (SSSR count). The highest BCUT2D eigenvalue weighted by Gasteiger charge is 2.58. The summed E-state index contributed by atoms with van der Waals surface area (Å²) in [7, 11) is 1.10. The van der Waals surface area contributed by atoms with Crippen LogP contribution in [0.4, 0.5) is 22.0 Å². The molecule has 0 saturated heterocycles. The van der Waals surface area contributed by atoms with Crippen molar-refractivity contribution in [3.63, 3.8) is 0 Å². The fourth-order valence-corrected chi connectivity index (χ4v) is 1.35. The molecule has 0 heterocycles. The summed E-state index contributed by atoms with van der Waals surface area (Å²) in [6, 6.07) is 7.62. The van der Waals surface area contributed by atoms with Crippen LogP contribution in [0.3, 0.4) is 0 Å². The normalized spacial score (nSPS) is 14.7. The predicted molar refractivity (Wildman–Crippen MR) is 51.8 cm³/mol. The number of ether oxygens (including phenoxy) is 1. The maximum absolute atomic E-state index is 12.8. The van der Waals surface area contributed by atoms with Crippen molar-refractivity contribution < 1.29 is 26.7 Å². The van der Waals surface area contributed by atoms with Gasteiger partial charge in [0, 0.05) is 7.11 Å². The van der Waals surface area contributed by atoms with Crippen LogP contribution in [0, 0.1) is 0 Å². The van der Waals surface area contributed by atoms with Crippen molar-refractivity contribution in [1.82, 2.24) is 0 Å². The minimum Gasteiger partial charge on any atom is -0.377 e. The van der Waals surface area contributed by atoms with E-state index in [1.54, 1.807) is 18.2 Å². The van der Waals surface area contributed by atoms with E-state index in [-0.39, 0.29) is 0 Å². The third-order valence-corrected chi connectivity index (χ3v) is 2.31. The third-order valence-electron chi connectivity index (χ3n) is 2.31. The first-order valence-electron chi connectivity index (χ1n) is 4.80. The average molecular weight is 254 g/mol. The highest BCUT2D eigenvalue weighted by molar-refractivity contribution is 5.18. The molecule has 0 amide bonds. The number of methoxy groups -OCH3 is 1. The fourth-order valence-electron chi connectivity index (χ4n) is 1.35. The van der Waals surface area contributed by atoms with Gasteiger partial charge in [-0.1, -0.05) is 30.3 Å². The summed E-state index contributed by atoms with van der Waals surface area (Å²) in [5.41, 5.74) is 0.291. The largest absolute Gasteiger partial charge is 0.453 e. The predicted octanol–water partition coefficient (Wildman–Crippen LogP) is 3.96. The number of halogens is 5. The van der Waals surface area contributed by atoms with Crippen LogP contribution < -0.4 is 0 Å². The molecule has 6 heteroatoms. The van der Waals surface area contributed by atoms with E-state index in [0.717, 1.165) is 7.11 Å².